The molecule has 0 aliphatic carbocycles. The van der Waals surface area contributed by atoms with E-state index < -0.39 is 0 Å². The monoisotopic (exact) mass is 314 g/mol. The highest BCUT2D eigenvalue weighted by molar-refractivity contribution is 7.12. The summed E-state index contributed by atoms with van der Waals surface area (Å²) in [4.78, 5) is 12.6. The van der Waals surface area contributed by atoms with Crippen LogP contribution in [0, 0.1) is 0 Å². The smallest absolute Gasteiger partial charge is 0.195 e. The number of hydrogen-bond acceptors (Lipinski definition) is 3. The zero-order chi connectivity index (χ0) is 14.7. The number of carbonyl (C=O) groups is 1. The molecule has 4 heteroatoms. The zero-order valence-corrected chi connectivity index (χ0v) is 12.5. The second kappa shape index (κ2) is 6.12. The molecule has 0 saturated heterocycles. The van der Waals surface area contributed by atoms with Crippen LogP contribution in [0.15, 0.2) is 64.4 Å². The van der Waals surface area contributed by atoms with Crippen LogP contribution in [0.25, 0.3) is 17.4 Å². The first-order chi connectivity index (χ1) is 10.2. The molecule has 0 aliphatic rings. The second-order valence-corrected chi connectivity index (χ2v) is 5.77. The first kappa shape index (κ1) is 13.9. The molecule has 2 heterocycles. The summed E-state index contributed by atoms with van der Waals surface area (Å²) in [5, 5.41) is 2.54. The van der Waals surface area contributed by atoms with Crippen LogP contribution < -0.4 is 0 Å². The van der Waals surface area contributed by atoms with Crippen molar-refractivity contribution in [3.05, 3.63) is 75.6 Å². The van der Waals surface area contributed by atoms with Crippen molar-refractivity contribution in [1.29, 1.82) is 0 Å². The van der Waals surface area contributed by atoms with E-state index in [9.17, 15) is 4.79 Å². The number of halogens is 1. The number of carbonyl (C=O) groups excluding carboxylic acids is 1. The fourth-order valence-corrected chi connectivity index (χ4v) is 2.73. The molecular formula is C17H11ClO2S. The van der Waals surface area contributed by atoms with Gasteiger partial charge in [-0.2, -0.15) is 0 Å². The van der Waals surface area contributed by atoms with Crippen molar-refractivity contribution in [3.63, 3.8) is 0 Å². The van der Waals surface area contributed by atoms with Gasteiger partial charge in [0, 0.05) is 10.6 Å². The molecule has 0 radical (unpaired) electrons. The summed E-state index contributed by atoms with van der Waals surface area (Å²) in [6, 6.07) is 14.8. The quantitative estimate of drug-likeness (QED) is 0.466. The van der Waals surface area contributed by atoms with Gasteiger partial charge in [0.1, 0.15) is 11.5 Å². The third-order valence-electron chi connectivity index (χ3n) is 2.90. The molecule has 0 saturated carbocycles. The number of benzene rings is 1. The standard InChI is InChI=1S/C17H11ClO2S/c18-13-4-1-3-12(11-13)16-9-7-14(20-16)6-8-15(19)17-5-2-10-21-17/h1-11H/b8-6+. The van der Waals surface area contributed by atoms with Crippen molar-refractivity contribution in [1.82, 2.24) is 0 Å². The summed E-state index contributed by atoms with van der Waals surface area (Å²) in [6.07, 6.45) is 3.20. The van der Waals surface area contributed by atoms with Gasteiger partial charge >= 0.3 is 0 Å². The SMILES string of the molecule is O=C(/C=C/c1ccc(-c2cccc(Cl)c2)o1)c1cccs1. The minimum atomic E-state index is -0.0225. The number of furan rings is 1. The van der Waals surface area contributed by atoms with Crippen LogP contribution in [-0.4, -0.2) is 5.78 Å². The predicted octanol–water partition coefficient (Wildman–Crippen LogP) is 5.56. The lowest BCUT2D eigenvalue weighted by atomic mass is 10.2. The minimum Gasteiger partial charge on any atom is -0.457 e. The van der Waals surface area contributed by atoms with Gasteiger partial charge < -0.3 is 4.42 Å². The third-order valence-corrected chi connectivity index (χ3v) is 4.02. The highest BCUT2D eigenvalue weighted by atomic mass is 35.5. The first-order valence-electron chi connectivity index (χ1n) is 6.34. The van der Waals surface area contributed by atoms with Gasteiger partial charge in [-0.1, -0.05) is 29.8 Å². The van der Waals surface area contributed by atoms with Gasteiger partial charge in [-0.05, 0) is 47.9 Å². The van der Waals surface area contributed by atoms with Gasteiger partial charge in [-0.25, -0.2) is 0 Å². The van der Waals surface area contributed by atoms with Gasteiger partial charge in [0.05, 0.1) is 4.88 Å². The van der Waals surface area contributed by atoms with Crippen molar-refractivity contribution in [2.75, 3.05) is 0 Å². The lowest BCUT2D eigenvalue weighted by molar-refractivity contribution is 0.105. The number of ketones is 1. The second-order valence-electron chi connectivity index (χ2n) is 4.39. The van der Waals surface area contributed by atoms with Crippen molar-refractivity contribution in [2.24, 2.45) is 0 Å². The Morgan fingerprint density at radius 3 is 2.81 bits per heavy atom. The topological polar surface area (TPSA) is 30.2 Å². The van der Waals surface area contributed by atoms with Crippen molar-refractivity contribution < 1.29 is 9.21 Å². The van der Waals surface area contributed by atoms with E-state index in [4.69, 9.17) is 16.0 Å². The van der Waals surface area contributed by atoms with Gasteiger partial charge in [0.2, 0.25) is 0 Å². The maximum absolute atomic E-state index is 11.9. The molecule has 0 atom stereocenters. The Morgan fingerprint density at radius 2 is 2.05 bits per heavy atom. The van der Waals surface area contributed by atoms with Crippen LogP contribution in [0.1, 0.15) is 15.4 Å². The normalized spacial score (nSPS) is 11.1. The Labute approximate surface area is 131 Å². The van der Waals surface area contributed by atoms with E-state index in [-0.39, 0.29) is 5.78 Å². The molecule has 0 bridgehead atoms. The van der Waals surface area contributed by atoms with Crippen molar-refractivity contribution >= 4 is 34.8 Å². The minimum absolute atomic E-state index is 0.0225. The maximum Gasteiger partial charge on any atom is 0.195 e. The highest BCUT2D eigenvalue weighted by Crippen LogP contribution is 2.25. The molecule has 0 amide bonds. The summed E-state index contributed by atoms with van der Waals surface area (Å²) in [6.45, 7) is 0. The average Bonchev–Trinajstić information content (AvgIpc) is 3.16. The van der Waals surface area contributed by atoms with E-state index >= 15 is 0 Å². The van der Waals surface area contributed by atoms with Crippen molar-refractivity contribution in [3.8, 4) is 11.3 Å². The number of hydrogen-bond donors (Lipinski definition) is 0. The van der Waals surface area contributed by atoms with E-state index in [1.54, 1.807) is 12.1 Å². The molecule has 0 unspecified atom stereocenters. The fraction of sp³-hybridized carbons (Fsp3) is 0. The first-order valence-corrected chi connectivity index (χ1v) is 7.60. The van der Waals surface area contributed by atoms with Crippen LogP contribution in [0.2, 0.25) is 5.02 Å². The predicted molar refractivity (Wildman–Crippen MR) is 86.8 cm³/mol. The third kappa shape index (κ3) is 3.32. The molecule has 1 aromatic carbocycles. The lowest BCUT2D eigenvalue weighted by Gasteiger charge is -1.96. The number of rotatable bonds is 4. The molecule has 2 nitrogen and oxygen atoms in total. The molecule has 0 aliphatic heterocycles. The molecule has 0 spiro atoms. The molecule has 21 heavy (non-hydrogen) atoms. The molecular weight excluding hydrogens is 304 g/mol. The average molecular weight is 315 g/mol. The van der Waals surface area contributed by atoms with Gasteiger partial charge in [-0.3, -0.25) is 4.79 Å². The fourth-order valence-electron chi connectivity index (χ4n) is 1.90. The summed E-state index contributed by atoms with van der Waals surface area (Å²) in [5.41, 5.74) is 0.909. The summed E-state index contributed by atoms with van der Waals surface area (Å²) < 4.78 is 5.70. The Hall–Kier alpha value is -2.10. The Morgan fingerprint density at radius 1 is 1.14 bits per heavy atom. The molecule has 3 aromatic rings. The molecule has 0 fully saturated rings. The van der Waals surface area contributed by atoms with Gasteiger partial charge in [0.15, 0.2) is 5.78 Å². The Kier molecular flexibility index (Phi) is 4.04. The van der Waals surface area contributed by atoms with Gasteiger partial charge in [0.25, 0.3) is 0 Å². The maximum atomic E-state index is 11.9. The highest BCUT2D eigenvalue weighted by Gasteiger charge is 2.05. The van der Waals surface area contributed by atoms with E-state index in [0.717, 1.165) is 11.3 Å². The molecule has 104 valence electrons. The largest absolute Gasteiger partial charge is 0.457 e. The van der Waals surface area contributed by atoms with Crippen LogP contribution in [0.3, 0.4) is 0 Å². The summed E-state index contributed by atoms with van der Waals surface area (Å²) >= 11 is 7.39. The Bertz CT molecular complexity index is 785. The van der Waals surface area contributed by atoms with E-state index in [0.29, 0.717) is 15.7 Å². The van der Waals surface area contributed by atoms with Crippen LogP contribution in [0.4, 0.5) is 0 Å². The van der Waals surface area contributed by atoms with E-state index in [1.165, 1.54) is 17.4 Å². The van der Waals surface area contributed by atoms with Crippen molar-refractivity contribution in [2.45, 2.75) is 0 Å². The van der Waals surface area contributed by atoms with Crippen LogP contribution in [0.5, 0.6) is 0 Å². The van der Waals surface area contributed by atoms with E-state index in [2.05, 4.69) is 0 Å². The summed E-state index contributed by atoms with van der Waals surface area (Å²) in [7, 11) is 0. The number of thiophene rings is 1. The van der Waals surface area contributed by atoms with Crippen LogP contribution in [-0.2, 0) is 0 Å². The molecule has 0 N–H and O–H groups in total. The number of allylic oxidation sites excluding steroid dienone is 1. The zero-order valence-electron chi connectivity index (χ0n) is 11.0. The summed E-state index contributed by atoms with van der Waals surface area (Å²) in [5.74, 6) is 1.33. The van der Waals surface area contributed by atoms with Gasteiger partial charge in [-0.15, -0.1) is 11.3 Å². The van der Waals surface area contributed by atoms with E-state index in [1.807, 2.05) is 47.8 Å². The Balaban J connectivity index is 1.78. The molecule has 3 rings (SSSR count). The lowest BCUT2D eigenvalue weighted by Crippen LogP contribution is -1.87. The molecule has 2 aromatic heterocycles. The van der Waals surface area contributed by atoms with Crippen LogP contribution >= 0.6 is 22.9 Å².